The molecule has 2 unspecified atom stereocenters. The lowest BCUT2D eigenvalue weighted by Crippen LogP contribution is -2.18. The Morgan fingerprint density at radius 3 is 1.61 bits per heavy atom. The van der Waals surface area contributed by atoms with Crippen molar-refractivity contribution in [3.63, 3.8) is 0 Å². The van der Waals surface area contributed by atoms with Gasteiger partial charge in [0, 0.05) is 10.8 Å². The molecule has 0 saturated heterocycles. The van der Waals surface area contributed by atoms with E-state index in [0.29, 0.717) is 0 Å². The summed E-state index contributed by atoms with van der Waals surface area (Å²) in [5, 5.41) is 0. The highest BCUT2D eigenvalue weighted by Gasteiger charge is 2.23. The molecule has 0 heteroatoms. The minimum Gasteiger partial charge on any atom is -0.0736 e. The van der Waals surface area contributed by atoms with Crippen molar-refractivity contribution in [2.75, 3.05) is 0 Å². The predicted molar refractivity (Wildman–Crippen MR) is 137 cm³/mol. The molecule has 0 amide bonds. The van der Waals surface area contributed by atoms with Gasteiger partial charge in [-0.1, -0.05) is 143 Å². The summed E-state index contributed by atoms with van der Waals surface area (Å²) in [6, 6.07) is 30.5. The van der Waals surface area contributed by atoms with Gasteiger partial charge >= 0.3 is 0 Å². The van der Waals surface area contributed by atoms with Crippen molar-refractivity contribution in [2.24, 2.45) is 0 Å². The van der Waals surface area contributed by atoms with Crippen LogP contribution in [0.15, 0.2) is 97.1 Å². The van der Waals surface area contributed by atoms with Crippen LogP contribution in [0.4, 0.5) is 0 Å². The number of rotatable bonds is 9. The molecular formula is C31H36. The molecule has 0 N–H and O–H groups in total. The Bertz CT molecular complexity index is 979. The van der Waals surface area contributed by atoms with E-state index in [0.717, 1.165) is 19.3 Å². The molecule has 0 spiro atoms. The fourth-order valence-electron chi connectivity index (χ4n) is 4.18. The lowest BCUT2D eigenvalue weighted by atomic mass is 9.77. The lowest BCUT2D eigenvalue weighted by molar-refractivity contribution is 0.533. The Hall–Kier alpha value is -2.86. The summed E-state index contributed by atoms with van der Waals surface area (Å²) in [6.45, 7) is 9.20. The molecule has 0 nitrogen and oxygen atoms in total. The Kier molecular flexibility index (Phi) is 7.69. The molecule has 0 fully saturated rings. The summed E-state index contributed by atoms with van der Waals surface area (Å²) in [7, 11) is 0. The summed E-state index contributed by atoms with van der Waals surface area (Å²) in [4.78, 5) is 0. The minimum atomic E-state index is 0.0266. The van der Waals surface area contributed by atoms with Gasteiger partial charge in [-0.25, -0.2) is 0 Å². The SMILES string of the molecule is CCCC(C)(/C=C/c1ccc(C(C)(/C=C/c2ccccc2)CC)cc1)c1ccccc1. The third-order valence-electron chi connectivity index (χ3n) is 6.59. The molecule has 0 radical (unpaired) electrons. The third-order valence-corrected chi connectivity index (χ3v) is 6.59. The number of hydrogen-bond acceptors (Lipinski definition) is 0. The first-order chi connectivity index (χ1) is 15.0. The third kappa shape index (κ3) is 5.85. The highest BCUT2D eigenvalue weighted by atomic mass is 14.3. The van der Waals surface area contributed by atoms with E-state index in [9.17, 15) is 0 Å². The van der Waals surface area contributed by atoms with Crippen LogP contribution in [0, 0.1) is 0 Å². The van der Waals surface area contributed by atoms with Gasteiger partial charge in [-0.2, -0.15) is 0 Å². The van der Waals surface area contributed by atoms with Gasteiger partial charge in [0.05, 0.1) is 0 Å². The second kappa shape index (κ2) is 10.4. The largest absolute Gasteiger partial charge is 0.0736 e. The summed E-state index contributed by atoms with van der Waals surface area (Å²) >= 11 is 0. The standard InChI is InChI=1S/C31H36/c1-5-23-31(4,28-15-11-8-12-16-28)25-22-27-17-19-29(20-18-27)30(3,6-2)24-21-26-13-9-7-10-14-26/h7-22,24-25H,5-6,23H2,1-4H3/b24-21+,25-22+. The minimum absolute atomic E-state index is 0.0266. The summed E-state index contributed by atoms with van der Waals surface area (Å²) in [5.74, 6) is 0. The van der Waals surface area contributed by atoms with Gasteiger partial charge in [-0.05, 0) is 35.1 Å². The van der Waals surface area contributed by atoms with Gasteiger partial charge in [0.25, 0.3) is 0 Å². The lowest BCUT2D eigenvalue weighted by Gasteiger charge is -2.27. The number of allylic oxidation sites excluding steroid dienone is 2. The summed E-state index contributed by atoms with van der Waals surface area (Å²) < 4.78 is 0. The van der Waals surface area contributed by atoms with Crippen LogP contribution in [0.25, 0.3) is 12.2 Å². The van der Waals surface area contributed by atoms with Gasteiger partial charge in [0.1, 0.15) is 0 Å². The topological polar surface area (TPSA) is 0 Å². The molecule has 0 aliphatic heterocycles. The van der Waals surface area contributed by atoms with E-state index < -0.39 is 0 Å². The van der Waals surface area contributed by atoms with Crippen LogP contribution in [0.2, 0.25) is 0 Å². The monoisotopic (exact) mass is 408 g/mol. The average molecular weight is 409 g/mol. The zero-order valence-corrected chi connectivity index (χ0v) is 19.5. The Morgan fingerprint density at radius 2 is 1.06 bits per heavy atom. The molecule has 0 saturated carbocycles. The molecule has 3 aromatic carbocycles. The van der Waals surface area contributed by atoms with Crippen LogP contribution in [0.1, 0.15) is 69.2 Å². The molecule has 0 aliphatic rings. The molecule has 160 valence electrons. The Morgan fingerprint density at radius 1 is 0.581 bits per heavy atom. The van der Waals surface area contributed by atoms with Crippen molar-refractivity contribution in [3.8, 4) is 0 Å². The van der Waals surface area contributed by atoms with E-state index in [1.807, 2.05) is 0 Å². The Labute approximate surface area is 189 Å². The quantitative estimate of drug-likeness (QED) is 0.332. The number of hydrogen-bond donors (Lipinski definition) is 0. The molecule has 31 heavy (non-hydrogen) atoms. The van der Waals surface area contributed by atoms with Crippen molar-refractivity contribution < 1.29 is 0 Å². The van der Waals surface area contributed by atoms with Crippen LogP contribution >= 0.6 is 0 Å². The van der Waals surface area contributed by atoms with E-state index >= 15 is 0 Å². The molecule has 3 aromatic rings. The Balaban J connectivity index is 1.80. The van der Waals surface area contributed by atoms with E-state index in [1.54, 1.807) is 0 Å². The van der Waals surface area contributed by atoms with Crippen LogP contribution < -0.4 is 0 Å². The smallest absolute Gasteiger partial charge is 0.0107 e. The molecule has 3 rings (SSSR count). The second-order valence-corrected chi connectivity index (χ2v) is 9.00. The molecule has 0 bridgehead atoms. The average Bonchev–Trinajstić information content (AvgIpc) is 2.83. The van der Waals surface area contributed by atoms with Gasteiger partial charge in [-0.15, -0.1) is 0 Å². The van der Waals surface area contributed by atoms with Gasteiger partial charge in [0.15, 0.2) is 0 Å². The molecule has 0 aliphatic carbocycles. The summed E-state index contributed by atoms with van der Waals surface area (Å²) in [6.07, 6.45) is 12.6. The van der Waals surface area contributed by atoms with Crippen molar-refractivity contribution in [2.45, 2.75) is 57.8 Å². The zero-order chi connectivity index (χ0) is 22.2. The first-order valence-electron chi connectivity index (χ1n) is 11.6. The highest BCUT2D eigenvalue weighted by molar-refractivity contribution is 5.55. The van der Waals surface area contributed by atoms with E-state index in [1.165, 1.54) is 22.3 Å². The van der Waals surface area contributed by atoms with Crippen molar-refractivity contribution in [1.29, 1.82) is 0 Å². The van der Waals surface area contributed by atoms with Crippen LogP contribution in [-0.2, 0) is 10.8 Å². The van der Waals surface area contributed by atoms with Gasteiger partial charge in [-0.3, -0.25) is 0 Å². The predicted octanol–water partition coefficient (Wildman–Crippen LogP) is 8.84. The maximum absolute atomic E-state index is 2.38. The fourth-order valence-corrected chi connectivity index (χ4v) is 4.18. The maximum atomic E-state index is 2.38. The molecule has 0 aromatic heterocycles. The van der Waals surface area contributed by atoms with Gasteiger partial charge in [0.2, 0.25) is 0 Å². The van der Waals surface area contributed by atoms with Crippen LogP contribution in [0.3, 0.4) is 0 Å². The van der Waals surface area contributed by atoms with E-state index in [-0.39, 0.29) is 10.8 Å². The van der Waals surface area contributed by atoms with E-state index in [2.05, 4.69) is 137 Å². The van der Waals surface area contributed by atoms with Crippen molar-refractivity contribution >= 4 is 12.2 Å². The van der Waals surface area contributed by atoms with E-state index in [4.69, 9.17) is 0 Å². The van der Waals surface area contributed by atoms with Gasteiger partial charge < -0.3 is 0 Å². The number of benzene rings is 3. The summed E-state index contributed by atoms with van der Waals surface area (Å²) in [5.41, 5.74) is 5.34. The van der Waals surface area contributed by atoms with Crippen molar-refractivity contribution in [3.05, 3.63) is 119 Å². The zero-order valence-electron chi connectivity index (χ0n) is 19.5. The van der Waals surface area contributed by atoms with Crippen LogP contribution in [-0.4, -0.2) is 0 Å². The molecular weight excluding hydrogens is 372 g/mol. The molecule has 2 atom stereocenters. The first kappa shape index (κ1) is 22.8. The van der Waals surface area contributed by atoms with Crippen molar-refractivity contribution in [1.82, 2.24) is 0 Å². The van der Waals surface area contributed by atoms with Crippen LogP contribution in [0.5, 0.6) is 0 Å². The highest BCUT2D eigenvalue weighted by Crippen LogP contribution is 2.33. The second-order valence-electron chi connectivity index (χ2n) is 9.00. The normalized spacial score (nSPS) is 15.7. The maximum Gasteiger partial charge on any atom is 0.0107 e. The molecule has 0 heterocycles. The fraction of sp³-hybridized carbons (Fsp3) is 0.290. The first-order valence-corrected chi connectivity index (χ1v) is 11.6.